The first-order chi connectivity index (χ1) is 24.6. The number of carbonyl (C=O) groups is 2. The lowest BCUT2D eigenvalue weighted by atomic mass is 10.1. The van der Waals surface area contributed by atoms with Gasteiger partial charge in [0, 0.05) is 12.8 Å². The van der Waals surface area contributed by atoms with Gasteiger partial charge in [-0.15, -0.1) is 0 Å². The van der Waals surface area contributed by atoms with Crippen LogP contribution in [-0.2, 0) is 19.1 Å². The molecule has 0 radical (unpaired) electrons. The van der Waals surface area contributed by atoms with Gasteiger partial charge in [-0.1, -0.05) is 150 Å². The maximum absolute atomic E-state index is 12.2. The first kappa shape index (κ1) is 47.1. The van der Waals surface area contributed by atoms with Gasteiger partial charge >= 0.3 is 11.9 Å². The van der Waals surface area contributed by atoms with Crippen molar-refractivity contribution >= 4 is 11.9 Å². The third kappa shape index (κ3) is 37.9. The van der Waals surface area contributed by atoms with E-state index in [1.54, 1.807) is 0 Å². The molecule has 0 aromatic carbocycles. The number of carbonyl (C=O) groups excluding carboxylic acids is 2. The molecule has 0 saturated carbocycles. The van der Waals surface area contributed by atoms with Crippen LogP contribution in [0.3, 0.4) is 0 Å². The zero-order chi connectivity index (χ0) is 36.4. The molecule has 0 amide bonds. The Hall–Kier alpha value is -2.92. The molecule has 0 rings (SSSR count). The summed E-state index contributed by atoms with van der Waals surface area (Å²) < 4.78 is 10.5. The summed E-state index contributed by atoms with van der Waals surface area (Å²) in [6.07, 6.45) is 55.0. The predicted molar refractivity (Wildman–Crippen MR) is 214 cm³/mol. The van der Waals surface area contributed by atoms with E-state index in [1.807, 2.05) is 0 Å². The zero-order valence-corrected chi connectivity index (χ0v) is 32.1. The molecule has 5 heteroatoms. The van der Waals surface area contributed by atoms with Gasteiger partial charge in [0.15, 0.2) is 6.10 Å². The second kappa shape index (κ2) is 40.5. The van der Waals surface area contributed by atoms with Gasteiger partial charge in [0.2, 0.25) is 0 Å². The molecule has 284 valence electrons. The summed E-state index contributed by atoms with van der Waals surface area (Å²) in [5.41, 5.74) is 0. The first-order valence-electron chi connectivity index (χ1n) is 20.1. The van der Waals surface area contributed by atoms with Crippen molar-refractivity contribution in [3.63, 3.8) is 0 Å². The Morgan fingerprint density at radius 1 is 0.460 bits per heavy atom. The van der Waals surface area contributed by atoms with E-state index in [0.717, 1.165) is 64.2 Å². The summed E-state index contributed by atoms with van der Waals surface area (Å²) in [5.74, 6) is -0.696. The number of rotatable bonds is 35. The molecular weight excluding hydrogens is 620 g/mol. The minimum atomic E-state index is -0.813. The number of unbranched alkanes of at least 4 members (excludes halogenated alkanes) is 13. The Labute approximate surface area is 307 Å². The Morgan fingerprint density at radius 2 is 0.820 bits per heavy atom. The third-order valence-electron chi connectivity index (χ3n) is 8.16. The van der Waals surface area contributed by atoms with Crippen molar-refractivity contribution in [1.82, 2.24) is 0 Å². The molecule has 0 aliphatic heterocycles. The molecule has 50 heavy (non-hydrogen) atoms. The van der Waals surface area contributed by atoms with Gasteiger partial charge in [-0.25, -0.2) is 0 Å². The lowest BCUT2D eigenvalue weighted by Crippen LogP contribution is -2.28. The van der Waals surface area contributed by atoms with E-state index in [2.05, 4.69) is 98.9 Å². The minimum Gasteiger partial charge on any atom is -0.462 e. The van der Waals surface area contributed by atoms with E-state index in [-0.39, 0.29) is 25.2 Å². The molecule has 0 spiro atoms. The largest absolute Gasteiger partial charge is 0.462 e. The fourth-order valence-corrected chi connectivity index (χ4v) is 5.08. The van der Waals surface area contributed by atoms with Crippen LogP contribution < -0.4 is 0 Å². The van der Waals surface area contributed by atoms with Crippen LogP contribution in [-0.4, -0.2) is 36.4 Å². The number of hydrogen-bond donors (Lipinski definition) is 1. The van der Waals surface area contributed by atoms with Crippen molar-refractivity contribution in [1.29, 1.82) is 0 Å². The molecule has 0 aliphatic carbocycles. The molecule has 0 aromatic rings. The van der Waals surface area contributed by atoms with Crippen LogP contribution in [0, 0.1) is 0 Å². The molecule has 0 aromatic heterocycles. The average Bonchev–Trinajstić information content (AvgIpc) is 3.12. The predicted octanol–water partition coefficient (Wildman–Crippen LogP) is 12.7. The lowest BCUT2D eigenvalue weighted by molar-refractivity contribution is -0.161. The van der Waals surface area contributed by atoms with Crippen LogP contribution in [0.4, 0.5) is 0 Å². The molecule has 0 bridgehead atoms. The third-order valence-corrected chi connectivity index (χ3v) is 8.16. The highest BCUT2D eigenvalue weighted by Crippen LogP contribution is 2.09. The van der Waals surface area contributed by atoms with Crippen molar-refractivity contribution in [3.8, 4) is 0 Å². The van der Waals surface area contributed by atoms with Gasteiger partial charge in [-0.3, -0.25) is 9.59 Å². The highest BCUT2D eigenvalue weighted by Gasteiger charge is 2.15. The van der Waals surface area contributed by atoms with E-state index >= 15 is 0 Å². The highest BCUT2D eigenvalue weighted by atomic mass is 16.6. The second-order valence-electron chi connectivity index (χ2n) is 13.0. The Morgan fingerprint density at radius 3 is 1.30 bits per heavy atom. The first-order valence-corrected chi connectivity index (χ1v) is 20.1. The highest BCUT2D eigenvalue weighted by molar-refractivity contribution is 5.70. The van der Waals surface area contributed by atoms with E-state index < -0.39 is 6.10 Å². The fraction of sp³-hybridized carbons (Fsp3) is 0.644. The summed E-state index contributed by atoms with van der Waals surface area (Å²) >= 11 is 0. The molecule has 1 unspecified atom stereocenters. The molecule has 1 N–H and O–H groups in total. The van der Waals surface area contributed by atoms with E-state index in [1.165, 1.54) is 70.6 Å². The van der Waals surface area contributed by atoms with Gasteiger partial charge in [0.05, 0.1) is 6.61 Å². The minimum absolute atomic E-state index is 0.110. The molecule has 0 saturated heterocycles. The average molecular weight is 695 g/mol. The summed E-state index contributed by atoms with van der Waals surface area (Å²) in [6.45, 7) is 4.01. The van der Waals surface area contributed by atoms with Crippen LogP contribution in [0.1, 0.15) is 168 Å². The van der Waals surface area contributed by atoms with Crippen LogP contribution >= 0.6 is 0 Å². The van der Waals surface area contributed by atoms with E-state index in [0.29, 0.717) is 19.3 Å². The van der Waals surface area contributed by atoms with Crippen molar-refractivity contribution in [3.05, 3.63) is 85.1 Å². The summed E-state index contributed by atoms with van der Waals surface area (Å²) in [6, 6.07) is 0. The summed E-state index contributed by atoms with van der Waals surface area (Å²) in [7, 11) is 0. The monoisotopic (exact) mass is 695 g/mol. The summed E-state index contributed by atoms with van der Waals surface area (Å²) in [5, 5.41) is 9.55. The zero-order valence-electron chi connectivity index (χ0n) is 32.1. The van der Waals surface area contributed by atoms with Gasteiger partial charge in [-0.2, -0.15) is 0 Å². The van der Waals surface area contributed by atoms with E-state index in [9.17, 15) is 14.7 Å². The molecule has 0 fully saturated rings. The topological polar surface area (TPSA) is 72.8 Å². The Bertz CT molecular complexity index is 968. The number of hydrogen-bond acceptors (Lipinski definition) is 5. The molecular formula is C45H74O5. The maximum atomic E-state index is 12.2. The van der Waals surface area contributed by atoms with Crippen LogP contribution in [0.15, 0.2) is 85.1 Å². The quantitative estimate of drug-likeness (QED) is 0.0406. The van der Waals surface area contributed by atoms with Gasteiger partial charge in [-0.05, 0) is 89.9 Å². The van der Waals surface area contributed by atoms with E-state index in [4.69, 9.17) is 9.47 Å². The lowest BCUT2D eigenvalue weighted by Gasteiger charge is -2.15. The second-order valence-corrected chi connectivity index (χ2v) is 13.0. The van der Waals surface area contributed by atoms with Crippen molar-refractivity contribution < 1.29 is 24.2 Å². The van der Waals surface area contributed by atoms with Gasteiger partial charge in [0.25, 0.3) is 0 Å². The smallest absolute Gasteiger partial charge is 0.306 e. The van der Waals surface area contributed by atoms with Crippen molar-refractivity contribution in [2.24, 2.45) is 0 Å². The van der Waals surface area contributed by atoms with Crippen LogP contribution in [0.5, 0.6) is 0 Å². The molecule has 0 heterocycles. The van der Waals surface area contributed by atoms with Gasteiger partial charge < -0.3 is 14.6 Å². The SMILES string of the molecule is CCCCCC=CCC=CCC=CCC=CCCCCCC(=O)OC(CO)COC(=O)CCCC=CCC=CCC=CCCCCCCCC. The molecule has 5 nitrogen and oxygen atoms in total. The Balaban J connectivity index is 3.74. The summed E-state index contributed by atoms with van der Waals surface area (Å²) in [4.78, 5) is 24.2. The maximum Gasteiger partial charge on any atom is 0.306 e. The van der Waals surface area contributed by atoms with Crippen LogP contribution in [0.25, 0.3) is 0 Å². The van der Waals surface area contributed by atoms with Gasteiger partial charge in [0.1, 0.15) is 6.61 Å². The number of esters is 2. The Kier molecular flexibility index (Phi) is 38.1. The fourth-order valence-electron chi connectivity index (χ4n) is 5.08. The number of ether oxygens (including phenoxy) is 2. The number of aliphatic hydroxyl groups is 1. The number of allylic oxidation sites excluding steroid dienone is 14. The molecule has 1 atom stereocenters. The van der Waals surface area contributed by atoms with Crippen molar-refractivity contribution in [2.75, 3.05) is 13.2 Å². The van der Waals surface area contributed by atoms with Crippen LogP contribution in [0.2, 0.25) is 0 Å². The number of aliphatic hydroxyl groups excluding tert-OH is 1. The normalized spacial score (nSPS) is 13.1. The van der Waals surface area contributed by atoms with Crippen molar-refractivity contribution in [2.45, 2.75) is 174 Å². The standard InChI is InChI=1S/C45H74O5/c1-3-5-7-9-11-13-15-17-19-21-22-24-26-28-30-32-34-36-38-40-45(48)50-43(41-46)42-49-44(47)39-37-35-33-31-29-27-25-23-20-18-16-14-12-10-8-6-4-2/h11,13,17-20,22,24-25,27-28,30-31,33,43,46H,3-10,12,14-16,21,23,26,29,32,34-42H2,1-2H3. The molecule has 0 aliphatic rings.